The molecule has 2 aromatic rings. The van der Waals surface area contributed by atoms with Crippen LogP contribution >= 0.6 is 34.5 Å². The summed E-state index contributed by atoms with van der Waals surface area (Å²) in [5.74, 6) is 0.279. The minimum absolute atomic E-state index is 0.0948. The Morgan fingerprint density at radius 1 is 1.33 bits per heavy atom. The number of β-amino-alcohol motifs (C(OH)–C–C–N with tert-alkyl or cyclic N) is 1. The highest BCUT2D eigenvalue weighted by molar-refractivity contribution is 7.21. The van der Waals surface area contributed by atoms with E-state index >= 15 is 0 Å². The van der Waals surface area contributed by atoms with Gasteiger partial charge in [0.1, 0.15) is 10.5 Å². The van der Waals surface area contributed by atoms with Gasteiger partial charge in [-0.05, 0) is 30.9 Å². The summed E-state index contributed by atoms with van der Waals surface area (Å²) in [7, 11) is 0. The van der Waals surface area contributed by atoms with Crippen LogP contribution in [0.1, 0.15) is 22.5 Å². The van der Waals surface area contributed by atoms with Gasteiger partial charge in [-0.2, -0.15) is 0 Å². The molecule has 2 aliphatic rings. The summed E-state index contributed by atoms with van der Waals surface area (Å²) in [6.45, 7) is 0.837. The van der Waals surface area contributed by atoms with Crippen molar-refractivity contribution in [3.8, 4) is 0 Å². The van der Waals surface area contributed by atoms with Crippen LogP contribution in [-0.4, -0.2) is 34.6 Å². The molecule has 110 valence electrons. The summed E-state index contributed by atoms with van der Waals surface area (Å²) in [5, 5.41) is 12.3. The highest BCUT2D eigenvalue weighted by Crippen LogP contribution is 2.46. The van der Waals surface area contributed by atoms with Gasteiger partial charge < -0.3 is 10.0 Å². The van der Waals surface area contributed by atoms with E-state index in [0.717, 1.165) is 22.9 Å². The summed E-state index contributed by atoms with van der Waals surface area (Å²) in [5.41, 5.74) is -0.665. The first-order chi connectivity index (χ1) is 9.98. The highest BCUT2D eigenvalue weighted by Gasteiger charge is 2.53. The lowest BCUT2D eigenvalue weighted by Gasteiger charge is -2.46. The molecule has 21 heavy (non-hydrogen) atoms. The van der Waals surface area contributed by atoms with Crippen molar-refractivity contribution in [1.82, 2.24) is 4.90 Å². The van der Waals surface area contributed by atoms with E-state index in [0.29, 0.717) is 33.9 Å². The molecule has 2 heterocycles. The predicted molar refractivity (Wildman–Crippen MR) is 85.4 cm³/mol. The Kier molecular flexibility index (Phi) is 3.02. The Morgan fingerprint density at radius 2 is 2.05 bits per heavy atom. The molecule has 3 nitrogen and oxygen atoms in total. The topological polar surface area (TPSA) is 40.5 Å². The predicted octanol–water partition coefficient (Wildman–Crippen LogP) is 3.81. The fourth-order valence-corrected chi connectivity index (χ4v) is 4.71. The summed E-state index contributed by atoms with van der Waals surface area (Å²) in [6, 6.07) is 5.43. The zero-order valence-electron chi connectivity index (χ0n) is 11.1. The van der Waals surface area contributed by atoms with E-state index in [1.807, 2.05) is 12.1 Å². The second-order valence-corrected chi connectivity index (χ2v) is 7.79. The molecule has 1 aliphatic heterocycles. The van der Waals surface area contributed by atoms with Gasteiger partial charge in [0.15, 0.2) is 0 Å². The van der Waals surface area contributed by atoms with Gasteiger partial charge in [-0.1, -0.05) is 29.3 Å². The smallest absolute Gasteiger partial charge is 0.265 e. The molecule has 6 heteroatoms. The first-order valence-corrected chi connectivity index (χ1v) is 8.44. The van der Waals surface area contributed by atoms with Crippen molar-refractivity contribution >= 4 is 50.5 Å². The van der Waals surface area contributed by atoms with Crippen molar-refractivity contribution in [1.29, 1.82) is 0 Å². The van der Waals surface area contributed by atoms with Crippen LogP contribution in [0.3, 0.4) is 0 Å². The Balaban J connectivity index is 1.61. The zero-order valence-corrected chi connectivity index (χ0v) is 13.4. The normalized spacial score (nSPS) is 20.6. The van der Waals surface area contributed by atoms with Crippen molar-refractivity contribution in [3.63, 3.8) is 0 Å². The van der Waals surface area contributed by atoms with E-state index in [1.165, 1.54) is 11.3 Å². The van der Waals surface area contributed by atoms with Crippen LogP contribution in [0.5, 0.6) is 0 Å². The van der Waals surface area contributed by atoms with Gasteiger partial charge in [0, 0.05) is 15.1 Å². The average molecular weight is 342 g/mol. The Hall–Kier alpha value is -0.810. The second-order valence-electron chi connectivity index (χ2n) is 5.92. The molecular weight excluding hydrogens is 329 g/mol. The van der Waals surface area contributed by atoms with Gasteiger partial charge in [-0.15, -0.1) is 11.3 Å². The molecule has 0 bridgehead atoms. The van der Waals surface area contributed by atoms with Gasteiger partial charge in [0.05, 0.1) is 18.1 Å². The van der Waals surface area contributed by atoms with Crippen molar-refractivity contribution in [3.05, 3.63) is 33.1 Å². The van der Waals surface area contributed by atoms with Crippen LogP contribution in [0.15, 0.2) is 18.2 Å². The number of halogens is 2. The molecule has 1 aliphatic carbocycles. The fraction of sp³-hybridized carbons (Fsp3) is 0.400. The Bertz CT molecular complexity index is 747. The number of hydrogen-bond acceptors (Lipinski definition) is 3. The molecule has 0 atom stereocenters. The maximum Gasteiger partial charge on any atom is 0.265 e. The maximum absolute atomic E-state index is 12.5. The lowest BCUT2D eigenvalue weighted by atomic mass is 9.88. The molecule has 2 fully saturated rings. The zero-order chi connectivity index (χ0) is 14.8. The average Bonchev–Trinajstić information content (AvgIpc) is 3.20. The van der Waals surface area contributed by atoms with Crippen LogP contribution in [0, 0.1) is 5.92 Å². The van der Waals surface area contributed by atoms with Gasteiger partial charge in [0.2, 0.25) is 0 Å². The highest BCUT2D eigenvalue weighted by atomic mass is 35.5. The molecule has 1 saturated carbocycles. The minimum atomic E-state index is -0.665. The van der Waals surface area contributed by atoms with E-state index in [-0.39, 0.29) is 5.91 Å². The minimum Gasteiger partial charge on any atom is -0.386 e. The van der Waals surface area contributed by atoms with Crippen molar-refractivity contribution in [2.45, 2.75) is 18.4 Å². The Labute approximate surface area is 136 Å². The van der Waals surface area contributed by atoms with Crippen molar-refractivity contribution < 1.29 is 9.90 Å². The van der Waals surface area contributed by atoms with E-state index in [4.69, 9.17) is 23.2 Å². The van der Waals surface area contributed by atoms with Crippen LogP contribution < -0.4 is 0 Å². The van der Waals surface area contributed by atoms with Crippen molar-refractivity contribution in [2.75, 3.05) is 13.1 Å². The number of carbonyl (C=O) groups is 1. The maximum atomic E-state index is 12.5. The number of thiophene rings is 1. The van der Waals surface area contributed by atoms with Gasteiger partial charge in [-0.25, -0.2) is 0 Å². The third-order valence-electron chi connectivity index (χ3n) is 4.34. The number of benzene rings is 1. The number of carbonyl (C=O) groups excluding carboxylic acids is 1. The first-order valence-electron chi connectivity index (χ1n) is 6.87. The van der Waals surface area contributed by atoms with Gasteiger partial charge >= 0.3 is 0 Å². The summed E-state index contributed by atoms with van der Waals surface area (Å²) in [4.78, 5) is 14.8. The lowest BCUT2D eigenvalue weighted by Crippen LogP contribution is -2.64. The van der Waals surface area contributed by atoms with Crippen molar-refractivity contribution in [2.24, 2.45) is 5.92 Å². The third kappa shape index (κ3) is 2.16. The summed E-state index contributed by atoms with van der Waals surface area (Å²) >= 11 is 13.7. The molecule has 0 radical (unpaired) electrons. The van der Waals surface area contributed by atoms with Crippen LogP contribution in [0.25, 0.3) is 10.1 Å². The molecule has 0 unspecified atom stereocenters. The van der Waals surface area contributed by atoms with Crippen LogP contribution in [0.4, 0.5) is 0 Å². The quantitative estimate of drug-likeness (QED) is 0.902. The molecule has 0 spiro atoms. The Morgan fingerprint density at radius 3 is 2.71 bits per heavy atom. The van der Waals surface area contributed by atoms with E-state index < -0.39 is 5.60 Å². The van der Waals surface area contributed by atoms with Gasteiger partial charge in [-0.3, -0.25) is 4.79 Å². The van der Waals surface area contributed by atoms with Crippen LogP contribution in [-0.2, 0) is 0 Å². The lowest BCUT2D eigenvalue weighted by molar-refractivity contribution is -0.0956. The largest absolute Gasteiger partial charge is 0.386 e. The summed E-state index contributed by atoms with van der Waals surface area (Å²) < 4.78 is 0.911. The molecule has 1 N–H and O–H groups in total. The number of likely N-dealkylation sites (tertiary alicyclic amines) is 1. The molecule has 1 aromatic carbocycles. The number of amides is 1. The summed E-state index contributed by atoms with van der Waals surface area (Å²) in [6.07, 6.45) is 2.14. The molecule has 1 amide bonds. The van der Waals surface area contributed by atoms with Crippen LogP contribution in [0.2, 0.25) is 10.0 Å². The molecule has 1 saturated heterocycles. The second kappa shape index (κ2) is 4.59. The SMILES string of the molecule is O=C(c1sc2cc(Cl)ccc2c1Cl)N1CC(O)(C2CC2)C1. The fourth-order valence-electron chi connectivity index (χ4n) is 2.96. The monoisotopic (exact) mass is 341 g/mol. The number of fused-ring (bicyclic) bond motifs is 1. The molecule has 1 aromatic heterocycles. The number of aliphatic hydroxyl groups is 1. The number of hydrogen-bond donors (Lipinski definition) is 1. The van der Waals surface area contributed by atoms with Gasteiger partial charge in [0.25, 0.3) is 5.91 Å². The molecule has 4 rings (SSSR count). The number of nitrogens with zero attached hydrogens (tertiary/aromatic N) is 1. The van der Waals surface area contributed by atoms with E-state index in [2.05, 4.69) is 0 Å². The van der Waals surface area contributed by atoms with E-state index in [9.17, 15) is 9.90 Å². The third-order valence-corrected chi connectivity index (χ3v) is 6.22. The number of rotatable bonds is 2. The van der Waals surface area contributed by atoms with E-state index in [1.54, 1.807) is 11.0 Å². The molecular formula is C15H13Cl2NO2S. The standard InChI is InChI=1S/C15H13Cl2NO2S/c16-9-3-4-10-11(5-9)21-13(12(10)17)14(19)18-6-15(20,7-18)8-1-2-8/h3-5,8,20H,1-2,6-7H2. The first kappa shape index (κ1) is 13.8.